The molecule has 0 heterocycles. The van der Waals surface area contributed by atoms with Crippen molar-refractivity contribution >= 4 is 21.8 Å². The summed E-state index contributed by atoms with van der Waals surface area (Å²) in [6.07, 6.45) is -9.63. The summed E-state index contributed by atoms with van der Waals surface area (Å²) in [5.74, 6) is -2.05. The van der Waals surface area contributed by atoms with Crippen LogP contribution in [0.2, 0.25) is 0 Å². The minimum absolute atomic E-state index is 0.0572. The third-order valence-electron chi connectivity index (χ3n) is 5.47. The van der Waals surface area contributed by atoms with E-state index in [0.29, 0.717) is 12.1 Å². The van der Waals surface area contributed by atoms with E-state index < -0.39 is 81.2 Å². The topological polar surface area (TPSA) is 179 Å². The highest BCUT2D eigenvalue weighted by atomic mass is 32.2. The number of primary amides is 1. The Balaban J connectivity index is 2.28. The number of rotatable bonds is 8. The van der Waals surface area contributed by atoms with E-state index in [9.17, 15) is 46.5 Å². The first-order chi connectivity index (χ1) is 15.5. The largest absolute Gasteiger partial charge is 0.416 e. The molecule has 7 N–H and O–H groups in total. The number of benzene rings is 1. The quantitative estimate of drug-likeness (QED) is 0.275. The van der Waals surface area contributed by atoms with Crippen LogP contribution in [0.5, 0.6) is 0 Å². The van der Waals surface area contributed by atoms with E-state index in [4.69, 9.17) is 5.73 Å². The highest BCUT2D eigenvalue weighted by molar-refractivity contribution is 7.89. The van der Waals surface area contributed by atoms with E-state index in [1.54, 1.807) is 13.8 Å². The van der Waals surface area contributed by atoms with Gasteiger partial charge in [0.2, 0.25) is 15.9 Å². The van der Waals surface area contributed by atoms with Gasteiger partial charge >= 0.3 is 6.18 Å². The zero-order valence-corrected chi connectivity index (χ0v) is 19.2. The molecule has 0 aromatic heterocycles. The molecule has 192 valence electrons. The number of hydrogen-bond donors (Lipinski definition) is 6. The highest BCUT2D eigenvalue weighted by Gasteiger charge is 2.50. The summed E-state index contributed by atoms with van der Waals surface area (Å²) in [4.78, 5) is 23.6. The van der Waals surface area contributed by atoms with Crippen molar-refractivity contribution in [2.45, 2.75) is 74.1 Å². The molecule has 0 unspecified atom stereocenters. The minimum atomic E-state index is -4.81. The molecule has 2 amide bonds. The molecule has 14 heteroatoms. The Bertz CT molecular complexity index is 1020. The van der Waals surface area contributed by atoms with E-state index in [-0.39, 0.29) is 12.3 Å². The predicted octanol–water partition coefficient (Wildman–Crippen LogP) is -0.385. The molecule has 0 bridgehead atoms. The van der Waals surface area contributed by atoms with Gasteiger partial charge in [0, 0.05) is 12.8 Å². The standard InChI is InChI=1S/C20H28F3N3O7S/c1-10(2)6-13(17(24)29)25-18(30)19(31)8-14(16(28)15(27)9-19)26-34(32,33)12-5-3-4-11(7-12)20(21,22)23/h3-5,7,10,13-16,26-28,31H,6,8-9H2,1-2H3,(H2,24,29)(H,25,30)/t13-,14+,15-,16-,19-/m1/s1. The van der Waals surface area contributed by atoms with Crippen LogP contribution in [0, 0.1) is 5.92 Å². The number of nitrogens with two attached hydrogens (primary N) is 1. The molecule has 1 saturated carbocycles. The van der Waals surface area contributed by atoms with E-state index in [1.165, 1.54) is 0 Å². The Kier molecular flexibility index (Phi) is 8.36. The Labute approximate surface area is 194 Å². The van der Waals surface area contributed by atoms with Gasteiger partial charge in [-0.2, -0.15) is 13.2 Å². The number of aliphatic hydroxyl groups is 3. The lowest BCUT2D eigenvalue weighted by molar-refractivity contribution is -0.158. The SMILES string of the molecule is CC(C)C[C@@H](NC(=O)[C@]1(O)C[C@@H](O)[C@H](O)[C@@H](NS(=O)(=O)c2cccc(C(F)(F)F)c2)C1)C(N)=O. The fraction of sp³-hybridized carbons (Fsp3) is 0.600. The van der Waals surface area contributed by atoms with Crippen LogP contribution in [0.25, 0.3) is 0 Å². The van der Waals surface area contributed by atoms with Gasteiger partial charge in [0.05, 0.1) is 28.7 Å². The van der Waals surface area contributed by atoms with Crippen LogP contribution in [0.1, 0.15) is 38.7 Å². The lowest BCUT2D eigenvalue weighted by Crippen LogP contribution is -2.64. The van der Waals surface area contributed by atoms with Crippen molar-refractivity contribution in [3.63, 3.8) is 0 Å². The number of alkyl halides is 3. The van der Waals surface area contributed by atoms with Gasteiger partial charge in [0.15, 0.2) is 0 Å². The maximum Gasteiger partial charge on any atom is 0.416 e. The molecule has 34 heavy (non-hydrogen) atoms. The number of halogens is 3. The Morgan fingerprint density at radius 1 is 1.24 bits per heavy atom. The third-order valence-corrected chi connectivity index (χ3v) is 6.96. The molecule has 5 atom stereocenters. The van der Waals surface area contributed by atoms with Crippen molar-refractivity contribution in [1.82, 2.24) is 10.0 Å². The van der Waals surface area contributed by atoms with Gasteiger partial charge in [-0.05, 0) is 30.5 Å². The molecule has 0 aliphatic heterocycles. The summed E-state index contributed by atoms with van der Waals surface area (Å²) >= 11 is 0. The molecule has 2 rings (SSSR count). The third kappa shape index (κ3) is 6.66. The maximum absolute atomic E-state index is 13.0. The first-order valence-electron chi connectivity index (χ1n) is 10.3. The second kappa shape index (κ2) is 10.2. The summed E-state index contributed by atoms with van der Waals surface area (Å²) in [6, 6.07) is 0.0402. The van der Waals surface area contributed by atoms with Crippen LogP contribution in [-0.4, -0.2) is 65.4 Å². The van der Waals surface area contributed by atoms with Crippen molar-refractivity contribution in [3.05, 3.63) is 29.8 Å². The fourth-order valence-corrected chi connectivity index (χ4v) is 5.01. The molecule has 1 aliphatic carbocycles. The van der Waals surface area contributed by atoms with Gasteiger partial charge in [-0.3, -0.25) is 9.59 Å². The molecule has 1 aliphatic rings. The zero-order chi connectivity index (χ0) is 26.1. The van der Waals surface area contributed by atoms with Crippen molar-refractivity contribution in [2.75, 3.05) is 0 Å². The smallest absolute Gasteiger partial charge is 0.390 e. The lowest BCUT2D eigenvalue weighted by Gasteiger charge is -2.41. The average Bonchev–Trinajstić information content (AvgIpc) is 2.70. The second-order valence-electron chi connectivity index (χ2n) is 8.81. The van der Waals surface area contributed by atoms with Gasteiger partial charge in [-0.1, -0.05) is 19.9 Å². The van der Waals surface area contributed by atoms with Gasteiger partial charge in [0.1, 0.15) is 11.6 Å². The number of nitrogens with one attached hydrogen (secondary N) is 2. The van der Waals surface area contributed by atoms with Gasteiger partial charge < -0.3 is 26.4 Å². The second-order valence-corrected chi connectivity index (χ2v) is 10.5. The van der Waals surface area contributed by atoms with Gasteiger partial charge in [-0.25, -0.2) is 13.1 Å². The van der Waals surface area contributed by atoms with Crippen LogP contribution in [0.4, 0.5) is 13.2 Å². The fourth-order valence-electron chi connectivity index (χ4n) is 3.72. The number of sulfonamides is 1. The number of amides is 2. The first-order valence-corrected chi connectivity index (χ1v) is 11.8. The van der Waals surface area contributed by atoms with Crippen LogP contribution >= 0.6 is 0 Å². The number of aliphatic hydroxyl groups excluding tert-OH is 2. The lowest BCUT2D eigenvalue weighted by atomic mass is 9.78. The summed E-state index contributed by atoms with van der Waals surface area (Å²) in [5.41, 5.74) is 1.64. The molecule has 1 aromatic carbocycles. The van der Waals surface area contributed by atoms with Crippen molar-refractivity contribution < 1.29 is 46.5 Å². The average molecular weight is 512 g/mol. The Morgan fingerprint density at radius 2 is 1.85 bits per heavy atom. The zero-order valence-electron chi connectivity index (χ0n) is 18.4. The predicted molar refractivity (Wildman–Crippen MR) is 112 cm³/mol. The molecule has 1 aromatic rings. The van der Waals surface area contributed by atoms with Crippen molar-refractivity contribution in [3.8, 4) is 0 Å². The first kappa shape index (κ1) is 28.0. The van der Waals surface area contributed by atoms with Gasteiger partial charge in [-0.15, -0.1) is 0 Å². The highest BCUT2D eigenvalue weighted by Crippen LogP contribution is 2.33. The van der Waals surface area contributed by atoms with Gasteiger partial charge in [0.25, 0.3) is 5.91 Å². The van der Waals surface area contributed by atoms with Crippen molar-refractivity contribution in [1.29, 1.82) is 0 Å². The molecule has 1 fully saturated rings. The molecule has 0 saturated heterocycles. The molecule has 10 nitrogen and oxygen atoms in total. The monoisotopic (exact) mass is 511 g/mol. The Hall–Kier alpha value is -2.26. The van der Waals surface area contributed by atoms with E-state index >= 15 is 0 Å². The summed E-state index contributed by atoms with van der Waals surface area (Å²) in [5, 5.41) is 33.6. The number of hydrogen-bond acceptors (Lipinski definition) is 7. The maximum atomic E-state index is 13.0. The summed E-state index contributed by atoms with van der Waals surface area (Å²) in [7, 11) is -4.67. The molecular weight excluding hydrogens is 483 g/mol. The molecule has 0 radical (unpaired) electrons. The van der Waals surface area contributed by atoms with Crippen LogP contribution in [0.15, 0.2) is 29.2 Å². The summed E-state index contributed by atoms with van der Waals surface area (Å²) < 4.78 is 66.2. The molecule has 0 spiro atoms. The summed E-state index contributed by atoms with van der Waals surface area (Å²) in [6.45, 7) is 3.52. The number of carbonyl (C=O) groups excluding carboxylic acids is 2. The minimum Gasteiger partial charge on any atom is -0.390 e. The van der Waals surface area contributed by atoms with E-state index in [1.807, 2.05) is 4.72 Å². The Morgan fingerprint density at radius 3 is 2.38 bits per heavy atom. The van der Waals surface area contributed by atoms with Crippen LogP contribution in [0.3, 0.4) is 0 Å². The van der Waals surface area contributed by atoms with Crippen molar-refractivity contribution in [2.24, 2.45) is 11.7 Å². The number of carbonyl (C=O) groups is 2. The van der Waals surface area contributed by atoms with Crippen LogP contribution in [-0.2, 0) is 25.8 Å². The molecular formula is C20H28F3N3O7S. The normalized spacial score (nSPS) is 26.8. The van der Waals surface area contributed by atoms with Crippen LogP contribution < -0.4 is 15.8 Å². The van der Waals surface area contributed by atoms with E-state index in [0.717, 1.165) is 12.1 Å². The van der Waals surface area contributed by atoms with E-state index in [2.05, 4.69) is 5.32 Å².